The topological polar surface area (TPSA) is 76.1 Å². The summed E-state index contributed by atoms with van der Waals surface area (Å²) in [5, 5.41) is 9.32. The molecule has 1 aromatic rings. The zero-order valence-electron chi connectivity index (χ0n) is 14.1. The van der Waals surface area contributed by atoms with Crippen LogP contribution < -0.4 is 9.47 Å². The summed E-state index contributed by atoms with van der Waals surface area (Å²) in [6, 6.07) is 5.66. The Bertz CT molecular complexity index is 659. The van der Waals surface area contributed by atoms with Crippen LogP contribution in [0.2, 0.25) is 0 Å². The summed E-state index contributed by atoms with van der Waals surface area (Å²) in [6.07, 6.45) is 1.09. The maximum Gasteiger partial charge on any atom is 0.311 e. The van der Waals surface area contributed by atoms with Crippen LogP contribution in [-0.4, -0.2) is 48.2 Å². The van der Waals surface area contributed by atoms with Crippen molar-refractivity contribution in [3.63, 3.8) is 0 Å². The van der Waals surface area contributed by atoms with Crippen molar-refractivity contribution < 1.29 is 24.2 Å². The van der Waals surface area contributed by atoms with E-state index in [0.717, 1.165) is 17.1 Å². The zero-order chi connectivity index (χ0) is 17.3. The third-order valence-corrected chi connectivity index (χ3v) is 4.90. The smallest absolute Gasteiger partial charge is 0.311 e. The first-order valence-electron chi connectivity index (χ1n) is 8.33. The van der Waals surface area contributed by atoms with Crippen LogP contribution >= 0.6 is 0 Å². The van der Waals surface area contributed by atoms with Gasteiger partial charge in [-0.15, -0.1) is 0 Å². The van der Waals surface area contributed by atoms with Crippen molar-refractivity contribution in [2.24, 2.45) is 11.3 Å². The number of carbonyl (C=O) groups is 2. The number of ether oxygens (including phenoxy) is 2. The standard InChI is InChI=1S/C18H23NO5/c1-3-23-14-4-5-15-12(9-14)8-13(10-24-15)16(20)19-7-6-18(2,11-19)17(21)22/h4-5,9,13H,3,6-8,10-11H2,1-2H3,(H,21,22)/t13-,18-/m1/s1. The third kappa shape index (κ3) is 3.05. The molecule has 0 radical (unpaired) electrons. The normalized spacial score (nSPS) is 25.8. The van der Waals surface area contributed by atoms with E-state index in [9.17, 15) is 14.7 Å². The maximum absolute atomic E-state index is 12.8. The van der Waals surface area contributed by atoms with Crippen LogP contribution in [0.5, 0.6) is 11.5 Å². The van der Waals surface area contributed by atoms with E-state index in [-0.39, 0.29) is 18.4 Å². The number of hydrogen-bond acceptors (Lipinski definition) is 4. The summed E-state index contributed by atoms with van der Waals surface area (Å²) in [4.78, 5) is 25.8. The predicted octanol–water partition coefficient (Wildman–Crippen LogP) is 1.96. The Labute approximate surface area is 141 Å². The predicted molar refractivity (Wildman–Crippen MR) is 87.2 cm³/mol. The van der Waals surface area contributed by atoms with Crippen molar-refractivity contribution in [2.45, 2.75) is 26.7 Å². The minimum absolute atomic E-state index is 0.0209. The lowest BCUT2D eigenvalue weighted by Gasteiger charge is -2.29. The highest BCUT2D eigenvalue weighted by Crippen LogP contribution is 2.34. The lowest BCUT2D eigenvalue weighted by atomic mass is 9.90. The molecule has 1 saturated heterocycles. The largest absolute Gasteiger partial charge is 0.494 e. The van der Waals surface area contributed by atoms with Gasteiger partial charge in [0.2, 0.25) is 5.91 Å². The molecule has 1 N–H and O–H groups in total. The number of carbonyl (C=O) groups excluding carboxylic acids is 1. The summed E-state index contributed by atoms with van der Waals surface area (Å²) < 4.78 is 11.2. The van der Waals surface area contributed by atoms with E-state index in [1.807, 2.05) is 25.1 Å². The van der Waals surface area contributed by atoms with Gasteiger partial charge < -0.3 is 19.5 Å². The average Bonchev–Trinajstić information content (AvgIpc) is 2.98. The summed E-state index contributed by atoms with van der Waals surface area (Å²) in [7, 11) is 0. The number of likely N-dealkylation sites (tertiary alicyclic amines) is 1. The number of amides is 1. The second-order valence-electron chi connectivity index (χ2n) is 6.79. The molecule has 0 bridgehead atoms. The first-order valence-corrected chi connectivity index (χ1v) is 8.33. The number of rotatable bonds is 4. The Morgan fingerprint density at radius 2 is 2.25 bits per heavy atom. The molecule has 2 aliphatic heterocycles. The van der Waals surface area contributed by atoms with Crippen molar-refractivity contribution in [3.05, 3.63) is 23.8 Å². The van der Waals surface area contributed by atoms with Crippen LogP contribution in [0.15, 0.2) is 18.2 Å². The van der Waals surface area contributed by atoms with Gasteiger partial charge in [-0.3, -0.25) is 9.59 Å². The van der Waals surface area contributed by atoms with Crippen LogP contribution in [0.1, 0.15) is 25.8 Å². The van der Waals surface area contributed by atoms with Crippen LogP contribution in [0.4, 0.5) is 0 Å². The molecule has 0 unspecified atom stereocenters. The molecule has 2 aliphatic rings. The lowest BCUT2D eigenvalue weighted by Crippen LogP contribution is -2.41. The molecule has 2 atom stereocenters. The summed E-state index contributed by atoms with van der Waals surface area (Å²) in [6.45, 7) is 5.30. The first kappa shape index (κ1) is 16.6. The monoisotopic (exact) mass is 333 g/mol. The van der Waals surface area contributed by atoms with Crippen LogP contribution in [-0.2, 0) is 16.0 Å². The second kappa shape index (κ2) is 6.34. The van der Waals surface area contributed by atoms with Gasteiger partial charge in [-0.1, -0.05) is 0 Å². The van der Waals surface area contributed by atoms with Crippen molar-refractivity contribution in [1.82, 2.24) is 4.90 Å². The Morgan fingerprint density at radius 3 is 2.92 bits per heavy atom. The van der Waals surface area contributed by atoms with E-state index >= 15 is 0 Å². The molecule has 3 rings (SSSR count). The molecule has 130 valence electrons. The van der Waals surface area contributed by atoms with Gasteiger partial charge in [0.1, 0.15) is 18.1 Å². The Balaban J connectivity index is 1.70. The molecule has 1 fully saturated rings. The number of fused-ring (bicyclic) bond motifs is 1. The maximum atomic E-state index is 12.8. The number of aliphatic carboxylic acids is 1. The highest BCUT2D eigenvalue weighted by atomic mass is 16.5. The van der Waals surface area contributed by atoms with Gasteiger partial charge in [0, 0.05) is 13.1 Å². The molecule has 24 heavy (non-hydrogen) atoms. The number of benzene rings is 1. The molecule has 1 aromatic carbocycles. The van der Waals surface area contributed by atoms with Crippen molar-refractivity contribution in [3.8, 4) is 11.5 Å². The minimum Gasteiger partial charge on any atom is -0.494 e. The number of carboxylic acid groups (broad SMARTS) is 1. The molecule has 6 nitrogen and oxygen atoms in total. The summed E-state index contributed by atoms with van der Waals surface area (Å²) in [5.41, 5.74) is 0.122. The van der Waals surface area contributed by atoms with Gasteiger partial charge in [-0.05, 0) is 50.5 Å². The summed E-state index contributed by atoms with van der Waals surface area (Å²) in [5.74, 6) is 0.425. The van der Waals surface area contributed by atoms with Gasteiger partial charge in [0.05, 0.1) is 17.9 Å². The highest BCUT2D eigenvalue weighted by molar-refractivity contribution is 5.82. The quantitative estimate of drug-likeness (QED) is 0.911. The fraction of sp³-hybridized carbons (Fsp3) is 0.556. The zero-order valence-corrected chi connectivity index (χ0v) is 14.1. The molecular formula is C18H23NO5. The molecule has 0 aliphatic carbocycles. The second-order valence-corrected chi connectivity index (χ2v) is 6.79. The highest BCUT2D eigenvalue weighted by Gasteiger charge is 2.43. The van der Waals surface area contributed by atoms with Gasteiger partial charge in [-0.25, -0.2) is 0 Å². The molecular weight excluding hydrogens is 310 g/mol. The first-order chi connectivity index (χ1) is 11.4. The van der Waals surface area contributed by atoms with E-state index in [2.05, 4.69) is 0 Å². The SMILES string of the molecule is CCOc1ccc2c(c1)C[C@@H](C(=O)N1CC[C@@](C)(C(=O)O)C1)CO2. The van der Waals surface area contributed by atoms with E-state index in [0.29, 0.717) is 32.6 Å². The van der Waals surface area contributed by atoms with E-state index in [1.54, 1.807) is 11.8 Å². The van der Waals surface area contributed by atoms with Gasteiger partial charge >= 0.3 is 5.97 Å². The number of nitrogens with zero attached hydrogens (tertiary/aromatic N) is 1. The minimum atomic E-state index is -0.843. The van der Waals surface area contributed by atoms with Crippen LogP contribution in [0.25, 0.3) is 0 Å². The van der Waals surface area contributed by atoms with Crippen molar-refractivity contribution >= 4 is 11.9 Å². The molecule has 0 aromatic heterocycles. The van der Waals surface area contributed by atoms with Crippen molar-refractivity contribution in [1.29, 1.82) is 0 Å². The van der Waals surface area contributed by atoms with Crippen LogP contribution in [0.3, 0.4) is 0 Å². The van der Waals surface area contributed by atoms with E-state index < -0.39 is 11.4 Å². The van der Waals surface area contributed by atoms with Gasteiger partial charge in [0.25, 0.3) is 0 Å². The fourth-order valence-electron chi connectivity index (χ4n) is 3.37. The number of carboxylic acids is 1. The van der Waals surface area contributed by atoms with E-state index in [1.165, 1.54) is 0 Å². The third-order valence-electron chi connectivity index (χ3n) is 4.90. The number of hydrogen-bond donors (Lipinski definition) is 1. The molecule has 1 amide bonds. The molecule has 6 heteroatoms. The van der Waals surface area contributed by atoms with Gasteiger partial charge in [0.15, 0.2) is 0 Å². The lowest BCUT2D eigenvalue weighted by molar-refractivity contribution is -0.147. The Kier molecular flexibility index (Phi) is 4.39. The fourth-order valence-corrected chi connectivity index (χ4v) is 3.37. The average molecular weight is 333 g/mol. The van der Waals surface area contributed by atoms with Gasteiger partial charge in [-0.2, -0.15) is 0 Å². The van der Waals surface area contributed by atoms with Crippen molar-refractivity contribution in [2.75, 3.05) is 26.3 Å². The van der Waals surface area contributed by atoms with Crippen LogP contribution in [0, 0.1) is 11.3 Å². The molecule has 0 saturated carbocycles. The molecule has 0 spiro atoms. The van der Waals surface area contributed by atoms with E-state index in [4.69, 9.17) is 9.47 Å². The molecule has 2 heterocycles. The summed E-state index contributed by atoms with van der Waals surface area (Å²) >= 11 is 0. The Morgan fingerprint density at radius 1 is 1.46 bits per heavy atom. The Hall–Kier alpha value is -2.24.